The minimum absolute atomic E-state index is 0.131. The maximum Gasteiger partial charge on any atom is 0.0646 e. The molecule has 0 amide bonds. The predicted octanol–water partition coefficient (Wildman–Crippen LogP) is 3.77. The van der Waals surface area contributed by atoms with Crippen LogP contribution in [0.4, 0.5) is 0 Å². The average Bonchev–Trinajstić information content (AvgIpc) is 2.76. The van der Waals surface area contributed by atoms with E-state index in [2.05, 4.69) is 54.9 Å². The summed E-state index contributed by atoms with van der Waals surface area (Å²) in [6.07, 6.45) is 2.81. The molecule has 1 aliphatic heterocycles. The summed E-state index contributed by atoms with van der Waals surface area (Å²) in [4.78, 5) is 0. The zero-order valence-electron chi connectivity index (χ0n) is 11.4. The highest BCUT2D eigenvalue weighted by Gasteiger charge is 2.29. The van der Waals surface area contributed by atoms with Gasteiger partial charge >= 0.3 is 0 Å². The van der Waals surface area contributed by atoms with Crippen LogP contribution in [0.1, 0.15) is 34.1 Å². The highest BCUT2D eigenvalue weighted by Crippen LogP contribution is 2.34. The van der Waals surface area contributed by atoms with E-state index in [9.17, 15) is 0 Å². The van der Waals surface area contributed by atoms with Crippen LogP contribution in [0.2, 0.25) is 0 Å². The normalized spacial score (nSPS) is 29.2. The minimum Gasteiger partial charge on any atom is -0.375 e. The number of para-hydroxylation sites is 1. The van der Waals surface area contributed by atoms with Crippen molar-refractivity contribution >= 4 is 10.9 Å². The molecule has 0 aliphatic carbocycles. The van der Waals surface area contributed by atoms with E-state index in [1.54, 1.807) is 0 Å². The Labute approximate surface area is 104 Å². The van der Waals surface area contributed by atoms with Crippen LogP contribution in [-0.2, 0) is 4.74 Å². The first kappa shape index (κ1) is 9.72. The fourth-order valence-corrected chi connectivity index (χ4v) is 2.64. The molecule has 17 heavy (non-hydrogen) atoms. The van der Waals surface area contributed by atoms with Gasteiger partial charge in [-0.05, 0) is 44.2 Å². The van der Waals surface area contributed by atoms with Gasteiger partial charge in [-0.25, -0.2) is 0 Å². The smallest absolute Gasteiger partial charge is 0.0646 e. The minimum atomic E-state index is -0.186. The molecule has 2 aromatic rings. The molecule has 2 heteroatoms. The van der Waals surface area contributed by atoms with Crippen molar-refractivity contribution in [3.63, 3.8) is 0 Å². The molecule has 0 radical (unpaired) electrons. The van der Waals surface area contributed by atoms with Gasteiger partial charge in [0.2, 0.25) is 0 Å². The van der Waals surface area contributed by atoms with E-state index in [1.807, 2.05) is 0 Å². The molecule has 2 nitrogen and oxygen atoms in total. The lowest BCUT2D eigenvalue weighted by Gasteiger charge is -2.36. The number of benzene rings is 1. The van der Waals surface area contributed by atoms with Crippen LogP contribution in [0, 0.1) is 0 Å². The molecule has 90 valence electrons. The van der Waals surface area contributed by atoms with Crippen molar-refractivity contribution in [3.8, 4) is 0 Å². The Hall–Kier alpha value is -1.28. The second kappa shape index (κ2) is 3.88. The van der Waals surface area contributed by atoms with E-state index in [-0.39, 0.29) is 18.0 Å². The van der Waals surface area contributed by atoms with Crippen molar-refractivity contribution in [1.29, 1.82) is 0 Å². The van der Waals surface area contributed by atoms with Gasteiger partial charge in [0.1, 0.15) is 0 Å². The number of hydrogen-bond acceptors (Lipinski definition) is 1. The number of ether oxygens (including phenoxy) is 1. The Morgan fingerprint density at radius 3 is 3.06 bits per heavy atom. The number of hydrogen-bond donors (Lipinski definition) is 0. The lowest BCUT2D eigenvalue weighted by atomic mass is 9.94. The topological polar surface area (TPSA) is 14.2 Å². The fraction of sp³-hybridized carbons (Fsp3) is 0.467. The van der Waals surface area contributed by atoms with Gasteiger partial charge in [-0.2, -0.15) is 0 Å². The maximum absolute atomic E-state index is 8.21. The highest BCUT2D eigenvalue weighted by atomic mass is 16.5. The summed E-state index contributed by atoms with van der Waals surface area (Å²) in [6.45, 7) is 4.74. The van der Waals surface area contributed by atoms with E-state index in [1.165, 1.54) is 10.9 Å². The van der Waals surface area contributed by atoms with E-state index < -0.39 is 0 Å². The Morgan fingerprint density at radius 2 is 2.18 bits per heavy atom. The molecule has 2 heterocycles. The molecular formula is C15H19NO. The van der Waals surface area contributed by atoms with Crippen molar-refractivity contribution in [2.24, 2.45) is 0 Å². The summed E-state index contributed by atoms with van der Waals surface area (Å²) >= 11 is 0. The highest BCUT2D eigenvalue weighted by molar-refractivity contribution is 5.80. The zero-order chi connectivity index (χ0) is 12.8. The summed E-state index contributed by atoms with van der Waals surface area (Å²) in [5, 5.41) is 1.24. The summed E-state index contributed by atoms with van der Waals surface area (Å²) in [7, 11) is 0. The molecule has 0 bridgehead atoms. The molecule has 1 saturated heterocycles. The third-order valence-corrected chi connectivity index (χ3v) is 3.53. The van der Waals surface area contributed by atoms with Crippen LogP contribution in [0.15, 0.2) is 36.5 Å². The second-order valence-electron chi connectivity index (χ2n) is 5.36. The molecule has 0 spiro atoms. The van der Waals surface area contributed by atoms with Crippen LogP contribution in [0.3, 0.4) is 0 Å². The Kier molecular flexibility index (Phi) is 2.22. The first-order chi connectivity index (χ1) is 8.57. The third kappa shape index (κ3) is 1.98. The van der Waals surface area contributed by atoms with E-state index in [0.29, 0.717) is 6.61 Å². The lowest BCUT2D eigenvalue weighted by molar-refractivity contribution is -0.0684. The molecule has 1 aromatic heterocycles. The molecular weight excluding hydrogens is 210 g/mol. The van der Waals surface area contributed by atoms with Gasteiger partial charge < -0.3 is 9.30 Å². The van der Waals surface area contributed by atoms with Gasteiger partial charge in [-0.1, -0.05) is 18.2 Å². The second-order valence-corrected chi connectivity index (χ2v) is 5.36. The molecule has 1 aromatic carbocycles. The Morgan fingerprint density at radius 1 is 1.35 bits per heavy atom. The third-order valence-electron chi connectivity index (χ3n) is 3.53. The molecule has 1 aliphatic rings. The predicted molar refractivity (Wildman–Crippen MR) is 70.2 cm³/mol. The van der Waals surface area contributed by atoms with Gasteiger partial charge in [-0.15, -0.1) is 0 Å². The van der Waals surface area contributed by atoms with E-state index in [4.69, 9.17) is 6.11 Å². The lowest BCUT2D eigenvalue weighted by Crippen LogP contribution is -2.34. The molecule has 0 N–H and O–H groups in total. The van der Waals surface area contributed by atoms with Gasteiger partial charge in [0.15, 0.2) is 0 Å². The molecule has 3 rings (SSSR count). The Bertz CT molecular complexity index is 560. The van der Waals surface area contributed by atoms with Gasteiger partial charge in [0.25, 0.3) is 0 Å². The van der Waals surface area contributed by atoms with Crippen LogP contribution in [-0.4, -0.2) is 16.8 Å². The van der Waals surface area contributed by atoms with Crippen molar-refractivity contribution in [3.05, 3.63) is 36.5 Å². The van der Waals surface area contributed by atoms with Gasteiger partial charge in [0.05, 0.1) is 5.60 Å². The van der Waals surface area contributed by atoms with Crippen LogP contribution in [0.25, 0.3) is 10.9 Å². The fourth-order valence-electron chi connectivity index (χ4n) is 2.64. The monoisotopic (exact) mass is 230 g/mol. The Balaban J connectivity index is 2.02. The average molecular weight is 230 g/mol. The van der Waals surface area contributed by atoms with Crippen LogP contribution >= 0.6 is 0 Å². The van der Waals surface area contributed by atoms with Crippen molar-refractivity contribution in [2.75, 3.05) is 6.61 Å². The number of fused-ring (bicyclic) bond motifs is 1. The van der Waals surface area contributed by atoms with E-state index >= 15 is 0 Å². The molecule has 2 atom stereocenters. The van der Waals surface area contributed by atoms with Crippen LogP contribution in [0.5, 0.6) is 0 Å². The van der Waals surface area contributed by atoms with E-state index in [0.717, 1.165) is 6.42 Å². The summed E-state index contributed by atoms with van der Waals surface area (Å²) in [5.41, 5.74) is 1.09. The van der Waals surface area contributed by atoms with Crippen molar-refractivity contribution < 1.29 is 6.11 Å². The van der Waals surface area contributed by atoms with Gasteiger partial charge in [-0.3, -0.25) is 0 Å². The van der Waals surface area contributed by atoms with Gasteiger partial charge in [0, 0.05) is 25.7 Å². The number of rotatable bonds is 1. The first-order valence-electron chi connectivity index (χ1n) is 6.76. The summed E-state index contributed by atoms with van der Waals surface area (Å²) in [6, 6.07) is 10.7. The number of aromatic nitrogens is 1. The SMILES string of the molecule is [2H]C1COC(C)(C)CC1n1ccc2ccccc21. The summed E-state index contributed by atoms with van der Waals surface area (Å²) in [5.74, 6) is 0. The molecule has 1 fully saturated rings. The van der Waals surface area contributed by atoms with Crippen molar-refractivity contribution in [2.45, 2.75) is 38.3 Å². The van der Waals surface area contributed by atoms with Crippen LogP contribution < -0.4 is 0 Å². The quantitative estimate of drug-likeness (QED) is 0.727. The zero-order valence-corrected chi connectivity index (χ0v) is 10.4. The molecule has 2 unspecified atom stereocenters. The summed E-state index contributed by atoms with van der Waals surface area (Å²) < 4.78 is 16.2. The first-order valence-corrected chi connectivity index (χ1v) is 6.19. The maximum atomic E-state index is 8.21. The number of nitrogens with zero attached hydrogens (tertiary/aromatic N) is 1. The standard InChI is InChI=1S/C15H19NO/c1-15(2)11-13(8-10-17-15)16-9-7-12-5-3-4-6-14(12)16/h3-7,9,13H,8,10-11H2,1-2H3/i8D. The largest absolute Gasteiger partial charge is 0.375 e. The van der Waals surface area contributed by atoms with Crippen molar-refractivity contribution in [1.82, 2.24) is 4.57 Å². The molecule has 0 saturated carbocycles.